The van der Waals surface area contributed by atoms with E-state index in [1.807, 2.05) is 25.8 Å². The molecular weight excluding hydrogens is 618 g/mol. The van der Waals surface area contributed by atoms with Crippen molar-refractivity contribution in [2.75, 3.05) is 20.2 Å². The summed E-state index contributed by atoms with van der Waals surface area (Å²) in [6, 6.07) is 0. The quantitative estimate of drug-likeness (QED) is 0.0873. The maximum absolute atomic E-state index is 12.2. The van der Waals surface area contributed by atoms with Gasteiger partial charge in [0.25, 0.3) is 0 Å². The minimum Gasteiger partial charge on any atom is -0.393 e. The van der Waals surface area contributed by atoms with Crippen molar-refractivity contribution in [3.05, 3.63) is 36.0 Å². The molecule has 0 spiro atoms. The van der Waals surface area contributed by atoms with E-state index in [1.165, 1.54) is 70.6 Å². The number of carbonyl (C=O) groups is 1. The van der Waals surface area contributed by atoms with E-state index in [1.54, 1.807) is 5.57 Å². The van der Waals surface area contributed by atoms with Gasteiger partial charge in [0, 0.05) is 39.0 Å². The zero-order chi connectivity index (χ0) is 36.8. The van der Waals surface area contributed by atoms with E-state index in [4.69, 9.17) is 4.74 Å². The fourth-order valence-corrected chi connectivity index (χ4v) is 9.84. The van der Waals surface area contributed by atoms with Gasteiger partial charge < -0.3 is 19.8 Å². The zero-order valence-corrected chi connectivity index (χ0v) is 33.7. The van der Waals surface area contributed by atoms with Gasteiger partial charge in [0.1, 0.15) is 0 Å². The van der Waals surface area contributed by atoms with Crippen LogP contribution in [-0.2, 0) is 9.53 Å². The van der Waals surface area contributed by atoms with Crippen LogP contribution < -0.4 is 0 Å². The van der Waals surface area contributed by atoms with Gasteiger partial charge in [0.2, 0.25) is 5.91 Å². The van der Waals surface area contributed by atoms with Crippen molar-refractivity contribution in [2.45, 2.75) is 194 Å². The van der Waals surface area contributed by atoms with Crippen LogP contribution in [0.25, 0.3) is 0 Å². The molecule has 5 nitrogen and oxygen atoms in total. The number of rotatable bonds is 22. The molecule has 7 atom stereocenters. The largest absolute Gasteiger partial charge is 0.393 e. The topological polar surface area (TPSA) is 70.0 Å². The lowest BCUT2D eigenvalue weighted by atomic mass is 9.53. The van der Waals surface area contributed by atoms with Gasteiger partial charge in [-0.15, -0.1) is 0 Å². The summed E-state index contributed by atoms with van der Waals surface area (Å²) in [5.41, 5.74) is 2.74. The molecule has 3 fully saturated rings. The molecule has 50 heavy (non-hydrogen) atoms. The summed E-state index contributed by atoms with van der Waals surface area (Å²) in [5, 5.41) is 21.0. The first-order valence-electron chi connectivity index (χ1n) is 21.0. The number of nitrogens with zero attached hydrogens (tertiary/aromatic N) is 1. The third-order valence-electron chi connectivity index (χ3n) is 13.4. The summed E-state index contributed by atoms with van der Waals surface area (Å²) >= 11 is 0. The van der Waals surface area contributed by atoms with Crippen LogP contribution in [0.4, 0.5) is 0 Å². The molecule has 3 saturated carbocycles. The van der Waals surface area contributed by atoms with Crippen LogP contribution >= 0.6 is 0 Å². The summed E-state index contributed by atoms with van der Waals surface area (Å²) in [6.07, 6.45) is 29.8. The van der Waals surface area contributed by atoms with Crippen LogP contribution in [0.1, 0.15) is 176 Å². The molecule has 1 unspecified atom stereocenters. The van der Waals surface area contributed by atoms with Gasteiger partial charge >= 0.3 is 0 Å². The lowest BCUT2D eigenvalue weighted by Gasteiger charge is -2.51. The van der Waals surface area contributed by atoms with Crippen molar-refractivity contribution < 1.29 is 19.7 Å². The van der Waals surface area contributed by atoms with Gasteiger partial charge in [-0.1, -0.05) is 116 Å². The molecule has 3 aliphatic rings. The van der Waals surface area contributed by atoms with E-state index in [9.17, 15) is 15.0 Å². The Morgan fingerprint density at radius 1 is 1.04 bits per heavy atom. The first kappa shape index (κ1) is 43.0. The third kappa shape index (κ3) is 12.6. The number of ether oxygens (including phenoxy) is 1. The molecule has 288 valence electrons. The first-order chi connectivity index (χ1) is 23.7. The van der Waals surface area contributed by atoms with E-state index in [2.05, 4.69) is 52.5 Å². The lowest BCUT2D eigenvalue weighted by molar-refractivity contribution is -0.130. The minimum atomic E-state index is -0.566. The summed E-state index contributed by atoms with van der Waals surface area (Å²) in [4.78, 5) is 14.1. The van der Waals surface area contributed by atoms with Crippen LogP contribution in [0.2, 0.25) is 0 Å². The normalized spacial score (nSPS) is 30.3. The van der Waals surface area contributed by atoms with Crippen molar-refractivity contribution in [3.63, 3.8) is 0 Å². The highest BCUT2D eigenvalue weighted by Gasteiger charge is 2.57. The molecule has 0 bridgehead atoms. The fraction of sp³-hybridized carbons (Fsp3) is 0.844. The van der Waals surface area contributed by atoms with Crippen molar-refractivity contribution in [1.82, 2.24) is 4.90 Å². The Bertz CT molecular complexity index is 1090. The SMILES string of the molecule is C=C1C(/C=C\C=C2/CCC[C@]3(C)[C@@H]([C@H](C)CCCC(C)(C)O)CC[C@@]23C)C[C@@H](O)C[C@@H]1OCCCCCCCCCCC(=O)N(C)CCCC. The average Bonchev–Trinajstić information content (AvgIpc) is 3.34. The van der Waals surface area contributed by atoms with Crippen LogP contribution in [-0.4, -0.2) is 59.0 Å². The van der Waals surface area contributed by atoms with E-state index in [-0.39, 0.29) is 23.5 Å². The Labute approximate surface area is 308 Å². The van der Waals surface area contributed by atoms with Crippen molar-refractivity contribution >= 4 is 5.91 Å². The van der Waals surface area contributed by atoms with Crippen molar-refractivity contribution in [2.24, 2.45) is 28.6 Å². The van der Waals surface area contributed by atoms with Crippen molar-refractivity contribution in [1.29, 1.82) is 0 Å². The molecule has 3 rings (SSSR count). The number of carbonyl (C=O) groups excluding carboxylic acids is 1. The summed E-state index contributed by atoms with van der Waals surface area (Å²) in [5.74, 6) is 1.88. The third-order valence-corrected chi connectivity index (χ3v) is 13.4. The second-order valence-corrected chi connectivity index (χ2v) is 17.9. The Morgan fingerprint density at radius 3 is 2.40 bits per heavy atom. The summed E-state index contributed by atoms with van der Waals surface area (Å²) in [6.45, 7) is 19.7. The Kier molecular flexibility index (Phi) is 17.8. The van der Waals surface area contributed by atoms with Gasteiger partial charge in [0.05, 0.1) is 17.8 Å². The monoisotopic (exact) mass is 698 g/mol. The van der Waals surface area contributed by atoms with Crippen LogP contribution in [0.5, 0.6) is 0 Å². The van der Waals surface area contributed by atoms with Crippen LogP contribution in [0.3, 0.4) is 0 Å². The molecule has 0 heterocycles. The van der Waals surface area contributed by atoms with E-state index < -0.39 is 5.60 Å². The molecule has 2 N–H and O–H groups in total. The Morgan fingerprint density at radius 2 is 1.72 bits per heavy atom. The van der Waals surface area contributed by atoms with Gasteiger partial charge in [-0.25, -0.2) is 0 Å². The number of unbranched alkanes of at least 4 members (excludes halogenated alkanes) is 8. The predicted molar refractivity (Wildman–Crippen MR) is 211 cm³/mol. The highest BCUT2D eigenvalue weighted by molar-refractivity contribution is 5.75. The van der Waals surface area contributed by atoms with Gasteiger partial charge in [-0.05, 0) is 106 Å². The second kappa shape index (κ2) is 20.7. The molecule has 0 aromatic carbocycles. The highest BCUT2D eigenvalue weighted by Crippen LogP contribution is 2.67. The number of hydrogen-bond donors (Lipinski definition) is 2. The maximum atomic E-state index is 12.2. The smallest absolute Gasteiger partial charge is 0.222 e. The number of aliphatic hydroxyl groups excluding tert-OH is 1. The number of allylic oxidation sites excluding steroid dienone is 4. The van der Waals surface area contributed by atoms with Crippen molar-refractivity contribution in [3.8, 4) is 0 Å². The fourth-order valence-electron chi connectivity index (χ4n) is 9.84. The van der Waals surface area contributed by atoms with Gasteiger partial charge in [-0.3, -0.25) is 4.79 Å². The maximum Gasteiger partial charge on any atom is 0.222 e. The number of fused-ring (bicyclic) bond motifs is 1. The molecule has 0 saturated heterocycles. The number of aliphatic hydroxyl groups is 2. The molecule has 0 aliphatic heterocycles. The van der Waals surface area contributed by atoms with E-state index in [0.717, 1.165) is 76.0 Å². The molecular formula is C45H79NO4. The number of hydrogen-bond acceptors (Lipinski definition) is 4. The summed E-state index contributed by atoms with van der Waals surface area (Å²) in [7, 11) is 1.93. The Hall–Kier alpha value is -1.43. The Balaban J connectivity index is 1.38. The van der Waals surface area contributed by atoms with Crippen LogP contribution in [0.15, 0.2) is 36.0 Å². The average molecular weight is 698 g/mol. The zero-order valence-electron chi connectivity index (χ0n) is 33.7. The predicted octanol–water partition coefficient (Wildman–Crippen LogP) is 11.1. The van der Waals surface area contributed by atoms with Crippen LogP contribution in [0, 0.1) is 28.6 Å². The highest BCUT2D eigenvalue weighted by atomic mass is 16.5. The molecule has 1 amide bonds. The molecule has 0 aromatic heterocycles. The first-order valence-corrected chi connectivity index (χ1v) is 21.0. The minimum absolute atomic E-state index is 0.0613. The van der Waals surface area contributed by atoms with Gasteiger partial charge in [-0.2, -0.15) is 0 Å². The summed E-state index contributed by atoms with van der Waals surface area (Å²) < 4.78 is 6.33. The van der Waals surface area contributed by atoms with E-state index in [0.29, 0.717) is 30.1 Å². The second-order valence-electron chi connectivity index (χ2n) is 17.9. The molecule has 0 radical (unpaired) electrons. The molecule has 3 aliphatic carbocycles. The number of amides is 1. The van der Waals surface area contributed by atoms with Gasteiger partial charge in [0.15, 0.2) is 0 Å². The molecule has 5 heteroatoms. The van der Waals surface area contributed by atoms with E-state index >= 15 is 0 Å². The lowest BCUT2D eigenvalue weighted by Crippen LogP contribution is -2.43. The molecule has 0 aromatic rings. The standard InChI is InChI=1S/C45H79NO4/c1-9-10-31-46(8)42(48)26-17-15-13-11-12-14-16-18-32-50-41-34-39(47)33-37(36(41)3)23-19-24-38-25-21-29-45(7)40(27-30-44(38,45)6)35(2)22-20-28-43(4,5)49/h19,23-24,35,37,39-41,47,49H,3,9-18,20-22,25-34H2,1-2,4-8H3/b23-19-,38-24+/t35-,37?,39-,40-,41+,44+,45-/m1/s1.